The monoisotopic (exact) mass is 262 g/mol. The predicted octanol–water partition coefficient (Wildman–Crippen LogP) is 4.56. The van der Waals surface area contributed by atoms with Gasteiger partial charge >= 0.3 is 0 Å². The fraction of sp³-hybridized carbons (Fsp3) is 0.562. The first-order chi connectivity index (χ1) is 8.30. The minimum atomic E-state index is 0.0688. The second-order valence-electron chi connectivity index (χ2n) is 6.78. The SMILES string of the molecule is CC1(C)CC(=O)C(Sc2ccccc2)C(C)(C)C1. The maximum atomic E-state index is 12.4. The van der Waals surface area contributed by atoms with Crippen LogP contribution in [0, 0.1) is 10.8 Å². The molecule has 0 radical (unpaired) electrons. The molecule has 18 heavy (non-hydrogen) atoms. The van der Waals surface area contributed by atoms with E-state index in [2.05, 4.69) is 39.8 Å². The number of carbonyl (C=O) groups is 1. The minimum absolute atomic E-state index is 0.0688. The van der Waals surface area contributed by atoms with Gasteiger partial charge in [-0.05, 0) is 29.4 Å². The van der Waals surface area contributed by atoms with Gasteiger partial charge in [-0.1, -0.05) is 45.9 Å². The number of Topliss-reactive ketones (excluding diaryl/α,β-unsaturated/α-hetero) is 1. The Morgan fingerprint density at radius 1 is 1.11 bits per heavy atom. The molecule has 0 aromatic heterocycles. The molecule has 0 saturated heterocycles. The van der Waals surface area contributed by atoms with Crippen molar-refractivity contribution in [3.63, 3.8) is 0 Å². The van der Waals surface area contributed by atoms with Crippen LogP contribution in [0.4, 0.5) is 0 Å². The molecule has 0 bridgehead atoms. The fourth-order valence-corrected chi connectivity index (χ4v) is 4.45. The van der Waals surface area contributed by atoms with Gasteiger partial charge in [0, 0.05) is 11.3 Å². The van der Waals surface area contributed by atoms with Crippen molar-refractivity contribution in [1.29, 1.82) is 0 Å². The summed E-state index contributed by atoms with van der Waals surface area (Å²) >= 11 is 1.73. The van der Waals surface area contributed by atoms with E-state index < -0.39 is 0 Å². The molecule has 1 aliphatic rings. The molecule has 0 heterocycles. The maximum absolute atomic E-state index is 12.4. The van der Waals surface area contributed by atoms with Gasteiger partial charge in [0.2, 0.25) is 0 Å². The Morgan fingerprint density at radius 2 is 1.72 bits per heavy atom. The highest BCUT2D eigenvalue weighted by Crippen LogP contribution is 2.49. The van der Waals surface area contributed by atoms with Crippen molar-refractivity contribution in [1.82, 2.24) is 0 Å². The Labute approximate surface area is 114 Å². The van der Waals surface area contributed by atoms with Crippen LogP contribution in [0.25, 0.3) is 0 Å². The third kappa shape index (κ3) is 2.97. The number of ketones is 1. The lowest BCUT2D eigenvalue weighted by molar-refractivity contribution is -0.126. The van der Waals surface area contributed by atoms with Crippen molar-refractivity contribution in [2.75, 3.05) is 0 Å². The molecule has 1 aliphatic carbocycles. The fourth-order valence-electron chi connectivity index (χ4n) is 3.25. The zero-order chi connectivity index (χ0) is 13.4. The van der Waals surface area contributed by atoms with E-state index in [0.29, 0.717) is 12.2 Å². The average molecular weight is 262 g/mol. The molecule has 0 amide bonds. The van der Waals surface area contributed by atoms with Gasteiger partial charge in [0.1, 0.15) is 5.78 Å². The first kappa shape index (κ1) is 13.7. The van der Waals surface area contributed by atoms with Gasteiger partial charge in [-0.25, -0.2) is 0 Å². The van der Waals surface area contributed by atoms with Crippen LogP contribution < -0.4 is 0 Å². The highest BCUT2D eigenvalue weighted by Gasteiger charge is 2.45. The second kappa shape index (κ2) is 4.73. The molecule has 0 aliphatic heterocycles. The molecule has 0 spiro atoms. The van der Waals surface area contributed by atoms with Crippen LogP contribution in [0.3, 0.4) is 0 Å². The summed E-state index contributed by atoms with van der Waals surface area (Å²) in [4.78, 5) is 13.6. The van der Waals surface area contributed by atoms with E-state index in [-0.39, 0.29) is 16.1 Å². The van der Waals surface area contributed by atoms with Gasteiger partial charge in [-0.15, -0.1) is 11.8 Å². The van der Waals surface area contributed by atoms with Crippen LogP contribution in [0.1, 0.15) is 40.5 Å². The Morgan fingerprint density at radius 3 is 2.28 bits per heavy atom. The van der Waals surface area contributed by atoms with Crippen molar-refractivity contribution in [3.05, 3.63) is 30.3 Å². The van der Waals surface area contributed by atoms with Crippen LogP contribution in [0.5, 0.6) is 0 Å². The van der Waals surface area contributed by atoms with Gasteiger partial charge in [0.15, 0.2) is 0 Å². The lowest BCUT2D eigenvalue weighted by Gasteiger charge is -2.45. The summed E-state index contributed by atoms with van der Waals surface area (Å²) < 4.78 is 0. The van der Waals surface area contributed by atoms with Gasteiger partial charge in [-0.2, -0.15) is 0 Å². The first-order valence-electron chi connectivity index (χ1n) is 6.55. The van der Waals surface area contributed by atoms with Crippen LogP contribution in [-0.4, -0.2) is 11.0 Å². The largest absolute Gasteiger partial charge is 0.298 e. The van der Waals surface area contributed by atoms with E-state index in [1.165, 1.54) is 4.90 Å². The highest BCUT2D eigenvalue weighted by molar-refractivity contribution is 8.00. The summed E-state index contributed by atoms with van der Waals surface area (Å²) in [5, 5.41) is 0.0907. The topological polar surface area (TPSA) is 17.1 Å². The highest BCUT2D eigenvalue weighted by atomic mass is 32.2. The van der Waals surface area contributed by atoms with E-state index in [0.717, 1.165) is 6.42 Å². The zero-order valence-electron chi connectivity index (χ0n) is 11.7. The van der Waals surface area contributed by atoms with Crippen molar-refractivity contribution >= 4 is 17.5 Å². The number of hydrogen-bond acceptors (Lipinski definition) is 2. The van der Waals surface area contributed by atoms with E-state index in [4.69, 9.17) is 0 Å². The third-order valence-electron chi connectivity index (χ3n) is 3.59. The minimum Gasteiger partial charge on any atom is -0.298 e. The molecular formula is C16H22OS. The summed E-state index contributed by atoms with van der Waals surface area (Å²) in [6.07, 6.45) is 1.82. The summed E-state index contributed by atoms with van der Waals surface area (Å²) in [6.45, 7) is 8.87. The van der Waals surface area contributed by atoms with Crippen LogP contribution in [-0.2, 0) is 4.79 Å². The summed E-state index contributed by atoms with van der Waals surface area (Å²) in [5.74, 6) is 0.408. The molecule has 1 aromatic carbocycles. The molecule has 1 fully saturated rings. The number of thioether (sulfide) groups is 1. The van der Waals surface area contributed by atoms with Gasteiger partial charge in [0.25, 0.3) is 0 Å². The van der Waals surface area contributed by atoms with Crippen LogP contribution in [0.2, 0.25) is 0 Å². The van der Waals surface area contributed by atoms with E-state index in [1.807, 2.05) is 18.2 Å². The second-order valence-corrected chi connectivity index (χ2v) is 7.96. The van der Waals surface area contributed by atoms with E-state index in [9.17, 15) is 4.79 Å². The Kier molecular flexibility index (Phi) is 3.59. The molecular weight excluding hydrogens is 240 g/mol. The maximum Gasteiger partial charge on any atom is 0.147 e. The Hall–Kier alpha value is -0.760. The molecule has 1 nitrogen and oxygen atoms in total. The lowest BCUT2D eigenvalue weighted by atomic mass is 9.64. The Bertz CT molecular complexity index is 434. The molecule has 0 N–H and O–H groups in total. The number of carbonyl (C=O) groups excluding carboxylic acids is 1. The predicted molar refractivity (Wildman–Crippen MR) is 77.9 cm³/mol. The normalized spacial score (nSPS) is 26.0. The van der Waals surface area contributed by atoms with E-state index in [1.54, 1.807) is 11.8 Å². The standard InChI is InChI=1S/C16H22OS/c1-15(2)10-13(17)14(16(3,4)11-15)18-12-8-6-5-7-9-12/h5-9,14H,10-11H2,1-4H3. The van der Waals surface area contributed by atoms with Crippen molar-refractivity contribution in [2.45, 2.75) is 50.7 Å². The van der Waals surface area contributed by atoms with Crippen LogP contribution in [0.15, 0.2) is 35.2 Å². The number of benzene rings is 1. The summed E-state index contributed by atoms with van der Waals surface area (Å²) in [6, 6.07) is 10.3. The lowest BCUT2D eigenvalue weighted by Crippen LogP contribution is -2.44. The quantitative estimate of drug-likeness (QED) is 0.777. The van der Waals surface area contributed by atoms with Crippen molar-refractivity contribution in [3.8, 4) is 0 Å². The molecule has 98 valence electrons. The molecule has 1 saturated carbocycles. The van der Waals surface area contributed by atoms with E-state index >= 15 is 0 Å². The van der Waals surface area contributed by atoms with Crippen molar-refractivity contribution < 1.29 is 4.79 Å². The van der Waals surface area contributed by atoms with Crippen LogP contribution >= 0.6 is 11.8 Å². The molecule has 1 unspecified atom stereocenters. The Balaban J connectivity index is 2.20. The van der Waals surface area contributed by atoms with Crippen molar-refractivity contribution in [2.24, 2.45) is 10.8 Å². The molecule has 2 rings (SSSR count). The van der Waals surface area contributed by atoms with Gasteiger partial charge in [-0.3, -0.25) is 4.79 Å². The smallest absolute Gasteiger partial charge is 0.147 e. The first-order valence-corrected chi connectivity index (χ1v) is 7.43. The molecule has 2 heteroatoms. The zero-order valence-corrected chi connectivity index (χ0v) is 12.5. The average Bonchev–Trinajstić information content (AvgIpc) is 2.23. The third-order valence-corrected chi connectivity index (χ3v) is 5.27. The molecule has 1 aromatic rings. The summed E-state index contributed by atoms with van der Waals surface area (Å²) in [5.41, 5.74) is 0.216. The number of hydrogen-bond donors (Lipinski definition) is 0. The molecule has 1 atom stereocenters. The summed E-state index contributed by atoms with van der Waals surface area (Å²) in [7, 11) is 0. The van der Waals surface area contributed by atoms with Gasteiger partial charge in [0.05, 0.1) is 5.25 Å². The number of rotatable bonds is 2. The van der Waals surface area contributed by atoms with Gasteiger partial charge < -0.3 is 0 Å².